The van der Waals surface area contributed by atoms with Crippen LogP contribution in [0.4, 0.5) is 11.4 Å². The number of benzene rings is 3. The van der Waals surface area contributed by atoms with Crippen molar-refractivity contribution in [2.75, 3.05) is 23.7 Å². The van der Waals surface area contributed by atoms with E-state index >= 15 is 0 Å². The summed E-state index contributed by atoms with van der Waals surface area (Å²) in [5, 5.41) is 2.73. The molecule has 2 fully saturated rings. The zero-order valence-electron chi connectivity index (χ0n) is 23.5. The van der Waals surface area contributed by atoms with Crippen molar-refractivity contribution in [2.45, 2.75) is 55.9 Å². The topological polar surface area (TPSA) is 122 Å². The fraction of sp³-hybridized carbons (Fsp3) is 0.367. The molecular weight excluding hydrogens is 562 g/mol. The molecule has 41 heavy (non-hydrogen) atoms. The molecule has 2 atom stereocenters. The Kier molecular flexibility index (Phi) is 7.42. The first-order chi connectivity index (χ1) is 19.2. The fourth-order valence-electron chi connectivity index (χ4n) is 6.46. The molecule has 1 aliphatic carbocycles. The van der Waals surface area contributed by atoms with Crippen molar-refractivity contribution in [3.63, 3.8) is 0 Å². The monoisotopic (exact) mass is 597 g/mol. The smallest absolute Gasteiger partial charge is 0.262 e. The van der Waals surface area contributed by atoms with Crippen molar-refractivity contribution in [2.24, 2.45) is 10.8 Å². The molecule has 0 radical (unpaired) electrons. The number of hydrogen-bond donors (Lipinski definition) is 2. The van der Waals surface area contributed by atoms with Crippen molar-refractivity contribution in [3.05, 3.63) is 78.4 Å². The van der Waals surface area contributed by atoms with E-state index in [0.717, 1.165) is 19.3 Å². The molecule has 5 rings (SSSR count). The van der Waals surface area contributed by atoms with Crippen molar-refractivity contribution < 1.29 is 26.4 Å². The molecular formula is C30H35N3O6S2. The molecule has 2 aliphatic rings. The molecule has 2 unspecified atom stereocenters. The lowest BCUT2D eigenvalue weighted by molar-refractivity contribution is 0.102. The van der Waals surface area contributed by atoms with Crippen LogP contribution in [0.5, 0.6) is 5.75 Å². The van der Waals surface area contributed by atoms with E-state index in [0.29, 0.717) is 23.7 Å². The van der Waals surface area contributed by atoms with Crippen LogP contribution >= 0.6 is 0 Å². The van der Waals surface area contributed by atoms with E-state index in [2.05, 4.69) is 30.8 Å². The Morgan fingerprint density at radius 3 is 2.17 bits per heavy atom. The number of amides is 1. The maximum atomic E-state index is 13.5. The van der Waals surface area contributed by atoms with Gasteiger partial charge in [0.1, 0.15) is 5.75 Å². The third-order valence-corrected chi connectivity index (χ3v) is 11.2. The van der Waals surface area contributed by atoms with E-state index in [1.165, 1.54) is 55.6 Å². The van der Waals surface area contributed by atoms with Gasteiger partial charge in [0.15, 0.2) is 0 Å². The highest BCUT2D eigenvalue weighted by atomic mass is 32.2. The summed E-state index contributed by atoms with van der Waals surface area (Å²) in [5.74, 6) is -0.0526. The standard InChI is InChI=1S/C30H35N3O6S2/c1-29(2)17-23-18-30(3,19-29)20-33(23)41(37,38)25-13-9-21(10-14-25)28(34)31-22-11-15-24(16-12-22)40(35,36)32-26-7-5-6-8-27(26)39-4/h5-16,23,32H,17-20H2,1-4H3,(H,31,34). The van der Waals surface area contributed by atoms with E-state index in [9.17, 15) is 21.6 Å². The average molecular weight is 598 g/mol. The lowest BCUT2D eigenvalue weighted by Gasteiger charge is -2.39. The first-order valence-electron chi connectivity index (χ1n) is 13.4. The number of para-hydroxylation sites is 2. The van der Waals surface area contributed by atoms with Gasteiger partial charge in [0, 0.05) is 23.8 Å². The SMILES string of the molecule is COc1ccccc1NS(=O)(=O)c1ccc(NC(=O)c2ccc(S(=O)(=O)N3CC4(C)CC3CC(C)(C)C4)cc2)cc1. The molecule has 1 amide bonds. The number of nitrogens with zero attached hydrogens (tertiary/aromatic N) is 1. The van der Waals surface area contributed by atoms with E-state index < -0.39 is 26.0 Å². The Morgan fingerprint density at radius 2 is 1.51 bits per heavy atom. The van der Waals surface area contributed by atoms with Crippen molar-refractivity contribution >= 4 is 37.3 Å². The van der Waals surface area contributed by atoms with Gasteiger partial charge in [-0.15, -0.1) is 0 Å². The minimum atomic E-state index is -3.89. The number of carbonyl (C=O) groups excluding carboxylic acids is 1. The molecule has 0 spiro atoms. The van der Waals surface area contributed by atoms with Crippen LogP contribution in [-0.4, -0.2) is 46.7 Å². The molecule has 2 bridgehead atoms. The number of rotatable bonds is 8. The minimum absolute atomic E-state index is 0.0135. The molecule has 1 heterocycles. The van der Waals surface area contributed by atoms with Crippen LogP contribution in [-0.2, 0) is 20.0 Å². The van der Waals surface area contributed by atoms with E-state index in [4.69, 9.17) is 4.74 Å². The molecule has 3 aromatic carbocycles. The summed E-state index contributed by atoms with van der Waals surface area (Å²) in [6.07, 6.45) is 2.69. The second kappa shape index (κ2) is 10.5. The van der Waals surface area contributed by atoms with Crippen molar-refractivity contribution in [3.8, 4) is 5.75 Å². The highest BCUT2D eigenvalue weighted by molar-refractivity contribution is 7.92. The first kappa shape index (κ1) is 29.1. The molecule has 0 aromatic heterocycles. The number of anilines is 2. The summed E-state index contributed by atoms with van der Waals surface area (Å²) in [7, 11) is -6.13. The largest absolute Gasteiger partial charge is 0.495 e. The summed E-state index contributed by atoms with van der Waals surface area (Å²) in [6, 6.07) is 18.3. The number of fused-ring (bicyclic) bond motifs is 2. The fourth-order valence-corrected chi connectivity index (χ4v) is 9.30. The van der Waals surface area contributed by atoms with Gasteiger partial charge >= 0.3 is 0 Å². The third kappa shape index (κ3) is 5.98. The predicted molar refractivity (Wildman–Crippen MR) is 158 cm³/mol. The summed E-state index contributed by atoms with van der Waals surface area (Å²) in [4.78, 5) is 13.1. The van der Waals surface area contributed by atoms with Crippen LogP contribution in [0.15, 0.2) is 82.6 Å². The highest BCUT2D eigenvalue weighted by Gasteiger charge is 2.53. The molecule has 9 nitrogen and oxygen atoms in total. The predicted octanol–water partition coefficient (Wildman–Crippen LogP) is 5.34. The summed E-state index contributed by atoms with van der Waals surface area (Å²) in [5.41, 5.74) is 1.05. The van der Waals surface area contributed by atoms with Crippen LogP contribution in [0, 0.1) is 10.8 Å². The summed E-state index contributed by atoms with van der Waals surface area (Å²) in [6.45, 7) is 7.08. The number of hydrogen-bond acceptors (Lipinski definition) is 6. The molecule has 3 aromatic rings. The Balaban J connectivity index is 1.25. The number of carbonyl (C=O) groups is 1. The van der Waals surface area contributed by atoms with Crippen LogP contribution in [0.3, 0.4) is 0 Å². The normalized spacial score (nSPS) is 22.2. The van der Waals surface area contributed by atoms with Gasteiger partial charge in [-0.25, -0.2) is 16.8 Å². The van der Waals surface area contributed by atoms with Gasteiger partial charge in [0.25, 0.3) is 15.9 Å². The third-order valence-electron chi connectivity index (χ3n) is 7.86. The Hall–Kier alpha value is -3.41. The second-order valence-corrected chi connectivity index (χ2v) is 15.6. The van der Waals surface area contributed by atoms with Gasteiger partial charge in [0.05, 0.1) is 22.6 Å². The van der Waals surface area contributed by atoms with E-state index in [1.54, 1.807) is 28.6 Å². The number of ether oxygens (including phenoxy) is 1. The van der Waals surface area contributed by atoms with Gasteiger partial charge in [-0.05, 0) is 90.8 Å². The second-order valence-electron chi connectivity index (χ2n) is 12.1. The lowest BCUT2D eigenvalue weighted by atomic mass is 9.65. The van der Waals surface area contributed by atoms with Gasteiger partial charge < -0.3 is 10.1 Å². The average Bonchev–Trinajstić information content (AvgIpc) is 3.18. The molecule has 2 N–H and O–H groups in total. The van der Waals surface area contributed by atoms with Crippen LogP contribution < -0.4 is 14.8 Å². The Morgan fingerprint density at radius 1 is 0.878 bits per heavy atom. The van der Waals surface area contributed by atoms with Crippen molar-refractivity contribution in [1.82, 2.24) is 4.31 Å². The first-order valence-corrected chi connectivity index (χ1v) is 16.3. The molecule has 1 saturated heterocycles. The van der Waals surface area contributed by atoms with Crippen LogP contribution in [0.25, 0.3) is 0 Å². The Labute approximate surface area is 242 Å². The van der Waals surface area contributed by atoms with Gasteiger partial charge in [-0.1, -0.05) is 32.9 Å². The lowest BCUT2D eigenvalue weighted by Crippen LogP contribution is -2.37. The molecule has 218 valence electrons. The summed E-state index contributed by atoms with van der Waals surface area (Å²) < 4.78 is 62.1. The van der Waals surface area contributed by atoms with Gasteiger partial charge in [-0.2, -0.15) is 4.31 Å². The maximum absolute atomic E-state index is 13.5. The maximum Gasteiger partial charge on any atom is 0.262 e. The van der Waals surface area contributed by atoms with E-state index in [-0.39, 0.29) is 32.2 Å². The zero-order valence-corrected chi connectivity index (χ0v) is 25.2. The molecule has 11 heteroatoms. The van der Waals surface area contributed by atoms with Crippen LogP contribution in [0.2, 0.25) is 0 Å². The van der Waals surface area contributed by atoms with Gasteiger partial charge in [-0.3, -0.25) is 9.52 Å². The minimum Gasteiger partial charge on any atom is -0.495 e. The number of sulfonamides is 2. The van der Waals surface area contributed by atoms with Crippen molar-refractivity contribution in [1.29, 1.82) is 0 Å². The highest BCUT2D eigenvalue weighted by Crippen LogP contribution is 2.53. The quantitative estimate of drug-likeness (QED) is 0.362. The zero-order chi connectivity index (χ0) is 29.6. The summed E-state index contributed by atoms with van der Waals surface area (Å²) >= 11 is 0. The van der Waals surface area contributed by atoms with E-state index in [1.807, 2.05) is 0 Å². The molecule has 1 aliphatic heterocycles. The number of methoxy groups -OCH3 is 1. The van der Waals surface area contributed by atoms with Gasteiger partial charge in [0.2, 0.25) is 10.0 Å². The van der Waals surface area contributed by atoms with Crippen LogP contribution in [0.1, 0.15) is 50.4 Å². The number of nitrogens with one attached hydrogen (secondary N) is 2. The Bertz CT molecular complexity index is 1670. The molecule has 1 saturated carbocycles.